The maximum atomic E-state index is 13.0. The molecule has 0 radical (unpaired) electrons. The van der Waals surface area contributed by atoms with Crippen LogP contribution >= 0.6 is 0 Å². The molecule has 1 aliphatic carbocycles. The molecule has 2 aromatic rings. The first kappa shape index (κ1) is 22.3. The summed E-state index contributed by atoms with van der Waals surface area (Å²) in [6.45, 7) is 4.66. The number of aryl methyl sites for hydroxylation is 1. The lowest BCUT2D eigenvalue weighted by molar-refractivity contribution is -0.127. The summed E-state index contributed by atoms with van der Waals surface area (Å²) in [5, 5.41) is 0. The lowest BCUT2D eigenvalue weighted by Crippen LogP contribution is -2.51. The number of hydrogen-bond donors (Lipinski definition) is 2. The highest BCUT2D eigenvalue weighted by molar-refractivity contribution is 5.87. The van der Waals surface area contributed by atoms with Gasteiger partial charge in [0, 0.05) is 61.9 Å². The van der Waals surface area contributed by atoms with E-state index in [2.05, 4.69) is 27.9 Å². The number of piperidine rings is 1. The highest BCUT2D eigenvalue weighted by Crippen LogP contribution is 2.34. The number of H-pyrrole nitrogens is 1. The van der Waals surface area contributed by atoms with Crippen LogP contribution in [0.1, 0.15) is 38.3 Å². The number of anilines is 1. The van der Waals surface area contributed by atoms with Crippen LogP contribution in [0.2, 0.25) is 0 Å². The second-order valence-corrected chi connectivity index (χ2v) is 8.81. The average Bonchev–Trinajstić information content (AvgIpc) is 3.66. The molecule has 1 atom stereocenters. The summed E-state index contributed by atoms with van der Waals surface area (Å²) in [7, 11) is 0. The van der Waals surface area contributed by atoms with Crippen molar-refractivity contribution in [1.29, 1.82) is 0 Å². The lowest BCUT2D eigenvalue weighted by Gasteiger charge is -2.40. The van der Waals surface area contributed by atoms with Gasteiger partial charge in [-0.3, -0.25) is 14.6 Å². The minimum Gasteiger partial charge on any atom is -0.362 e. The second-order valence-electron chi connectivity index (χ2n) is 8.81. The van der Waals surface area contributed by atoms with E-state index in [4.69, 9.17) is 5.73 Å². The van der Waals surface area contributed by atoms with Crippen molar-refractivity contribution in [2.24, 2.45) is 11.7 Å². The fourth-order valence-electron chi connectivity index (χ4n) is 4.41. The van der Waals surface area contributed by atoms with Crippen LogP contribution in [0.5, 0.6) is 0 Å². The van der Waals surface area contributed by atoms with E-state index in [0.29, 0.717) is 24.7 Å². The molecule has 1 aliphatic heterocycles. The largest absolute Gasteiger partial charge is 0.362 e. The number of nitrogens with two attached hydrogens (primary N) is 1. The number of aromatic amines is 1. The van der Waals surface area contributed by atoms with Crippen molar-refractivity contribution in [2.45, 2.75) is 45.1 Å². The van der Waals surface area contributed by atoms with Crippen LogP contribution in [-0.2, 0) is 11.2 Å². The normalized spacial score (nSPS) is 18.8. The number of hydrogen-bond acceptors (Lipinski definition) is 5. The Morgan fingerprint density at radius 3 is 2.91 bits per heavy atom. The Balaban J connectivity index is 1.63. The molecule has 7 heteroatoms. The van der Waals surface area contributed by atoms with E-state index in [1.54, 1.807) is 18.3 Å². The van der Waals surface area contributed by atoms with Gasteiger partial charge in [0.25, 0.3) is 5.56 Å². The van der Waals surface area contributed by atoms with Crippen LogP contribution in [-0.4, -0.2) is 53.0 Å². The first-order valence-electron chi connectivity index (χ1n) is 11.7. The lowest BCUT2D eigenvalue weighted by atomic mass is 10.0. The van der Waals surface area contributed by atoms with Crippen molar-refractivity contribution < 1.29 is 4.79 Å². The van der Waals surface area contributed by atoms with Gasteiger partial charge < -0.3 is 20.5 Å². The van der Waals surface area contributed by atoms with Gasteiger partial charge in [0.2, 0.25) is 5.91 Å². The number of carbonyl (C=O) groups is 1. The first-order valence-corrected chi connectivity index (χ1v) is 11.7. The molecule has 2 aliphatic rings. The van der Waals surface area contributed by atoms with Gasteiger partial charge in [0.1, 0.15) is 5.69 Å². The molecular weight excluding hydrogens is 402 g/mol. The Labute approximate surface area is 189 Å². The van der Waals surface area contributed by atoms with Crippen molar-refractivity contribution in [2.75, 3.05) is 31.1 Å². The van der Waals surface area contributed by atoms with Gasteiger partial charge in [-0.1, -0.05) is 13.0 Å². The topological polar surface area (TPSA) is 95.3 Å². The average molecular weight is 436 g/mol. The summed E-state index contributed by atoms with van der Waals surface area (Å²) in [6.07, 6.45) is 12.0. The molecule has 0 unspecified atom stereocenters. The molecule has 1 saturated heterocycles. The summed E-state index contributed by atoms with van der Waals surface area (Å²) < 4.78 is 0. The van der Waals surface area contributed by atoms with Gasteiger partial charge in [0.15, 0.2) is 0 Å². The van der Waals surface area contributed by atoms with Crippen molar-refractivity contribution in [3.63, 3.8) is 0 Å². The molecule has 3 heterocycles. The Kier molecular flexibility index (Phi) is 7.05. The monoisotopic (exact) mass is 435 g/mol. The summed E-state index contributed by atoms with van der Waals surface area (Å²) in [6, 6.07) is 6.19. The number of likely N-dealkylation sites (tertiary alicyclic amines) is 1. The Morgan fingerprint density at radius 2 is 2.16 bits per heavy atom. The number of nitrogens with zero attached hydrogens (tertiary/aromatic N) is 3. The molecule has 2 fully saturated rings. The van der Waals surface area contributed by atoms with Crippen LogP contribution in [0.4, 0.5) is 5.69 Å². The summed E-state index contributed by atoms with van der Waals surface area (Å²) >= 11 is 0. The SMILES string of the molecule is CCc1cc(-c2c[nH]c(=O)c(N(CC3CC3)[C@H]3CCCN(C(=O)/C=C/CN)C3)c2)ccn1. The van der Waals surface area contributed by atoms with E-state index in [0.717, 1.165) is 49.2 Å². The van der Waals surface area contributed by atoms with Crippen molar-refractivity contribution in [3.05, 3.63) is 58.8 Å². The standard InChI is InChI=1S/C25H33N5O2/c1-2-21-13-19(9-11-27-21)20-14-23(25(32)28-15-20)30(16-18-7-8-18)22-5-4-12-29(17-22)24(31)6-3-10-26/h3,6,9,11,13-15,18,22H,2,4-5,7-8,10,12,16-17,26H2,1H3,(H,28,32)/b6-3+/t22-/m0/s1. The van der Waals surface area contributed by atoms with Crippen LogP contribution < -0.4 is 16.2 Å². The van der Waals surface area contributed by atoms with Crippen molar-refractivity contribution in [1.82, 2.24) is 14.9 Å². The number of aromatic nitrogens is 2. The molecule has 0 spiro atoms. The number of amides is 1. The third-order valence-corrected chi connectivity index (χ3v) is 6.40. The highest BCUT2D eigenvalue weighted by atomic mass is 16.2. The minimum absolute atomic E-state index is 0.00179. The minimum atomic E-state index is -0.0781. The van der Waals surface area contributed by atoms with E-state index in [1.165, 1.54) is 12.8 Å². The molecule has 32 heavy (non-hydrogen) atoms. The molecule has 7 nitrogen and oxygen atoms in total. The predicted octanol–water partition coefficient (Wildman–Crippen LogP) is 2.72. The molecular formula is C25H33N5O2. The third-order valence-electron chi connectivity index (χ3n) is 6.40. The molecule has 3 N–H and O–H groups in total. The molecule has 1 saturated carbocycles. The number of rotatable bonds is 8. The predicted molar refractivity (Wildman–Crippen MR) is 128 cm³/mol. The van der Waals surface area contributed by atoms with Gasteiger partial charge in [-0.2, -0.15) is 0 Å². The Bertz CT molecular complexity index is 1030. The smallest absolute Gasteiger partial charge is 0.271 e. The van der Waals surface area contributed by atoms with Gasteiger partial charge >= 0.3 is 0 Å². The van der Waals surface area contributed by atoms with Gasteiger partial charge in [-0.25, -0.2) is 0 Å². The van der Waals surface area contributed by atoms with E-state index >= 15 is 0 Å². The zero-order valence-corrected chi connectivity index (χ0v) is 18.8. The summed E-state index contributed by atoms with van der Waals surface area (Å²) in [4.78, 5) is 37.0. The zero-order chi connectivity index (χ0) is 22.5. The quantitative estimate of drug-likeness (QED) is 0.622. The summed E-state index contributed by atoms with van der Waals surface area (Å²) in [5.74, 6) is 0.618. The molecule has 4 rings (SSSR count). The van der Waals surface area contributed by atoms with E-state index < -0.39 is 0 Å². The number of carbonyl (C=O) groups excluding carboxylic acids is 1. The maximum Gasteiger partial charge on any atom is 0.271 e. The Hall–Kier alpha value is -2.93. The molecule has 0 aromatic carbocycles. The molecule has 1 amide bonds. The molecule has 0 bridgehead atoms. The fourth-order valence-corrected chi connectivity index (χ4v) is 4.41. The summed E-state index contributed by atoms with van der Waals surface area (Å²) in [5.41, 5.74) is 9.18. The van der Waals surface area contributed by atoms with Crippen molar-refractivity contribution in [3.8, 4) is 11.1 Å². The molecule has 2 aromatic heterocycles. The van der Waals surface area contributed by atoms with Gasteiger partial charge in [-0.15, -0.1) is 0 Å². The van der Waals surface area contributed by atoms with Gasteiger partial charge in [0.05, 0.1) is 0 Å². The maximum absolute atomic E-state index is 13.0. The first-order chi connectivity index (χ1) is 15.6. The second kappa shape index (κ2) is 10.1. The zero-order valence-electron chi connectivity index (χ0n) is 18.8. The van der Waals surface area contributed by atoms with E-state index in [9.17, 15) is 9.59 Å². The number of pyridine rings is 2. The van der Waals surface area contributed by atoms with E-state index in [1.807, 2.05) is 23.2 Å². The van der Waals surface area contributed by atoms with Crippen LogP contribution in [0.3, 0.4) is 0 Å². The van der Waals surface area contributed by atoms with Crippen LogP contribution in [0.25, 0.3) is 11.1 Å². The fraction of sp³-hybridized carbons (Fsp3) is 0.480. The molecule has 170 valence electrons. The van der Waals surface area contributed by atoms with Gasteiger partial charge in [-0.05, 0) is 61.8 Å². The van der Waals surface area contributed by atoms with Crippen LogP contribution in [0.15, 0.2) is 47.5 Å². The highest BCUT2D eigenvalue weighted by Gasteiger charge is 2.33. The Morgan fingerprint density at radius 1 is 1.31 bits per heavy atom. The third kappa shape index (κ3) is 5.27. The van der Waals surface area contributed by atoms with Crippen LogP contribution in [0, 0.1) is 5.92 Å². The van der Waals surface area contributed by atoms with E-state index in [-0.39, 0.29) is 17.5 Å². The number of nitrogens with one attached hydrogen (secondary N) is 1. The van der Waals surface area contributed by atoms with Crippen molar-refractivity contribution >= 4 is 11.6 Å².